The third-order valence-corrected chi connectivity index (χ3v) is 4.59. The van der Waals surface area contributed by atoms with Gasteiger partial charge in [-0.15, -0.1) is 0 Å². The number of nitrogens with zero attached hydrogens (tertiary/aromatic N) is 2. The molecule has 0 N–H and O–H groups in total. The Morgan fingerprint density at radius 3 is 2.50 bits per heavy atom. The minimum absolute atomic E-state index is 0.0542. The van der Waals surface area contributed by atoms with Gasteiger partial charge < -0.3 is 9.47 Å². The Morgan fingerprint density at radius 2 is 2.06 bits per heavy atom. The van der Waals surface area contributed by atoms with Crippen molar-refractivity contribution in [2.24, 2.45) is 17.8 Å². The normalized spacial score (nSPS) is 35.3. The van der Waals surface area contributed by atoms with Gasteiger partial charge in [-0.1, -0.05) is 13.8 Å². The fraction of sp³-hybridized carbons (Fsp3) is 0.929. The van der Waals surface area contributed by atoms with E-state index >= 15 is 0 Å². The number of hydrogen-bond donors (Lipinski definition) is 0. The predicted octanol–water partition coefficient (Wildman–Crippen LogP) is 1.87. The second-order valence-electron chi connectivity index (χ2n) is 6.27. The summed E-state index contributed by atoms with van der Waals surface area (Å²) in [4.78, 5) is 2.25. The highest BCUT2D eigenvalue weighted by Crippen LogP contribution is 2.35. The average Bonchev–Trinajstić information content (AvgIpc) is 2.34. The van der Waals surface area contributed by atoms with Crippen LogP contribution in [0.4, 0.5) is 0 Å². The number of rotatable bonds is 3. The first kappa shape index (κ1) is 13.8. The van der Waals surface area contributed by atoms with Crippen molar-refractivity contribution in [2.45, 2.75) is 39.0 Å². The van der Waals surface area contributed by atoms with Crippen LogP contribution in [0.2, 0.25) is 0 Å². The first-order valence-corrected chi connectivity index (χ1v) is 6.80. The van der Waals surface area contributed by atoms with Crippen LogP contribution < -0.4 is 0 Å². The van der Waals surface area contributed by atoms with Gasteiger partial charge in [0.25, 0.3) is 0 Å². The molecule has 2 heterocycles. The van der Waals surface area contributed by atoms with Gasteiger partial charge in [0.15, 0.2) is 0 Å². The van der Waals surface area contributed by atoms with E-state index in [2.05, 4.69) is 38.8 Å². The van der Waals surface area contributed by atoms with Crippen LogP contribution in [0, 0.1) is 29.1 Å². The van der Waals surface area contributed by atoms with Crippen molar-refractivity contribution < 1.29 is 9.47 Å². The second-order valence-corrected chi connectivity index (χ2v) is 6.27. The Kier molecular flexibility index (Phi) is 3.96. The van der Waals surface area contributed by atoms with E-state index < -0.39 is 0 Å². The van der Waals surface area contributed by atoms with Crippen molar-refractivity contribution in [1.29, 1.82) is 5.26 Å². The molecule has 0 amide bonds. The largest absolute Gasteiger partial charge is 0.377 e. The van der Waals surface area contributed by atoms with E-state index in [1.54, 1.807) is 0 Å². The van der Waals surface area contributed by atoms with E-state index in [0.29, 0.717) is 18.4 Å². The Morgan fingerprint density at radius 1 is 1.39 bits per heavy atom. The van der Waals surface area contributed by atoms with E-state index in [9.17, 15) is 5.26 Å². The summed E-state index contributed by atoms with van der Waals surface area (Å²) in [5, 5.41) is 9.34. The summed E-state index contributed by atoms with van der Waals surface area (Å²) < 4.78 is 11.3. The van der Waals surface area contributed by atoms with Crippen LogP contribution in [0.3, 0.4) is 0 Å². The lowest BCUT2D eigenvalue weighted by Gasteiger charge is -2.50. The molecule has 0 spiro atoms. The van der Waals surface area contributed by atoms with Crippen molar-refractivity contribution >= 4 is 0 Å². The van der Waals surface area contributed by atoms with Gasteiger partial charge in [0.2, 0.25) is 0 Å². The summed E-state index contributed by atoms with van der Waals surface area (Å²) in [6.07, 6.45) is 0.865. The van der Waals surface area contributed by atoms with Gasteiger partial charge in [-0.25, -0.2) is 0 Å². The molecule has 2 fully saturated rings. The monoisotopic (exact) mass is 252 g/mol. The zero-order valence-corrected chi connectivity index (χ0v) is 11.8. The first-order valence-electron chi connectivity index (χ1n) is 6.80. The van der Waals surface area contributed by atoms with Crippen molar-refractivity contribution in [1.82, 2.24) is 4.90 Å². The molecule has 0 aromatic carbocycles. The first-order chi connectivity index (χ1) is 8.48. The summed E-state index contributed by atoms with van der Waals surface area (Å²) in [7, 11) is 2.08. The summed E-state index contributed by atoms with van der Waals surface area (Å²) >= 11 is 0. The summed E-state index contributed by atoms with van der Waals surface area (Å²) in [5.41, 5.74) is 0.0787. The number of nitriles is 1. The lowest BCUT2D eigenvalue weighted by molar-refractivity contribution is -0.204. The number of hydrogen-bond acceptors (Lipinski definition) is 4. The average molecular weight is 252 g/mol. The highest BCUT2D eigenvalue weighted by atomic mass is 16.5. The maximum atomic E-state index is 9.34. The molecular weight excluding hydrogens is 228 g/mol. The van der Waals surface area contributed by atoms with E-state index in [1.165, 1.54) is 0 Å². The highest BCUT2D eigenvalue weighted by molar-refractivity contribution is 4.97. The minimum Gasteiger partial charge on any atom is -0.377 e. The zero-order chi connectivity index (χ0) is 13.3. The molecule has 0 aliphatic carbocycles. The zero-order valence-electron chi connectivity index (χ0n) is 11.8. The van der Waals surface area contributed by atoms with Crippen molar-refractivity contribution in [3.8, 4) is 6.07 Å². The van der Waals surface area contributed by atoms with Crippen LogP contribution >= 0.6 is 0 Å². The molecule has 0 bridgehead atoms. The van der Waals surface area contributed by atoms with Crippen LogP contribution in [-0.4, -0.2) is 43.5 Å². The second kappa shape index (κ2) is 5.16. The molecule has 102 valence electrons. The fourth-order valence-electron chi connectivity index (χ4n) is 2.82. The molecule has 0 radical (unpaired) electrons. The molecule has 2 saturated heterocycles. The van der Waals surface area contributed by atoms with E-state index in [0.717, 1.165) is 19.6 Å². The molecule has 3 atom stereocenters. The minimum atomic E-state index is 0.0542. The fourth-order valence-corrected chi connectivity index (χ4v) is 2.82. The molecule has 18 heavy (non-hydrogen) atoms. The van der Waals surface area contributed by atoms with Gasteiger partial charge in [0, 0.05) is 12.3 Å². The standard InChI is InChI=1S/C14H24N2O2/c1-10(2)12-7-18-13(5-11(12)6-15)16(4)14(3)8-17-9-14/h10-13H,5,7-9H2,1-4H3. The molecule has 4 heteroatoms. The van der Waals surface area contributed by atoms with Crippen molar-refractivity contribution in [3.63, 3.8) is 0 Å². The quantitative estimate of drug-likeness (QED) is 0.769. The molecule has 0 aromatic heterocycles. The van der Waals surface area contributed by atoms with Crippen LogP contribution in [-0.2, 0) is 9.47 Å². The Hall–Kier alpha value is -0.630. The third-order valence-electron chi connectivity index (χ3n) is 4.59. The Balaban J connectivity index is 1.99. The number of ether oxygens (including phenoxy) is 2. The van der Waals surface area contributed by atoms with E-state index in [4.69, 9.17) is 9.47 Å². The molecule has 2 rings (SSSR count). The van der Waals surface area contributed by atoms with Crippen LogP contribution in [0.1, 0.15) is 27.2 Å². The maximum Gasteiger partial charge on any atom is 0.112 e. The molecule has 2 aliphatic rings. The Labute approximate surface area is 110 Å². The van der Waals surface area contributed by atoms with Gasteiger partial charge in [0.05, 0.1) is 37.3 Å². The smallest absolute Gasteiger partial charge is 0.112 e. The van der Waals surface area contributed by atoms with Gasteiger partial charge >= 0.3 is 0 Å². The molecule has 0 aromatic rings. The molecule has 4 nitrogen and oxygen atoms in total. The van der Waals surface area contributed by atoms with Crippen LogP contribution in [0.15, 0.2) is 0 Å². The summed E-state index contributed by atoms with van der Waals surface area (Å²) in [6, 6.07) is 2.47. The van der Waals surface area contributed by atoms with Crippen molar-refractivity contribution in [2.75, 3.05) is 26.9 Å². The third kappa shape index (κ3) is 2.40. The topological polar surface area (TPSA) is 45.5 Å². The molecule has 2 aliphatic heterocycles. The highest BCUT2D eigenvalue weighted by Gasteiger charge is 2.44. The van der Waals surface area contributed by atoms with Gasteiger partial charge in [0.1, 0.15) is 6.23 Å². The maximum absolute atomic E-state index is 9.34. The summed E-state index contributed by atoms with van der Waals surface area (Å²) in [5.74, 6) is 0.976. The SMILES string of the molecule is CC(C)C1COC(N(C)C2(C)COC2)CC1C#N. The van der Waals surface area contributed by atoms with E-state index in [1.807, 2.05) is 0 Å². The summed E-state index contributed by atoms with van der Waals surface area (Å²) in [6.45, 7) is 8.74. The van der Waals surface area contributed by atoms with Gasteiger partial charge in [-0.2, -0.15) is 5.26 Å². The van der Waals surface area contributed by atoms with Crippen molar-refractivity contribution in [3.05, 3.63) is 0 Å². The van der Waals surface area contributed by atoms with Gasteiger partial charge in [-0.3, -0.25) is 4.90 Å². The lowest BCUT2D eigenvalue weighted by atomic mass is 9.80. The molecular formula is C14H24N2O2. The van der Waals surface area contributed by atoms with Crippen LogP contribution in [0.5, 0.6) is 0 Å². The number of likely N-dealkylation sites (N-methyl/N-ethyl adjacent to an activating group) is 1. The van der Waals surface area contributed by atoms with Crippen LogP contribution in [0.25, 0.3) is 0 Å². The molecule has 3 unspecified atom stereocenters. The Bertz CT molecular complexity index is 333. The van der Waals surface area contributed by atoms with E-state index in [-0.39, 0.29) is 17.7 Å². The van der Waals surface area contributed by atoms with Gasteiger partial charge in [-0.05, 0) is 19.9 Å². The predicted molar refractivity (Wildman–Crippen MR) is 68.8 cm³/mol. The lowest BCUT2D eigenvalue weighted by Crippen LogP contribution is -2.63. The molecule has 0 saturated carbocycles.